The number of piperidine rings is 3. The van der Waals surface area contributed by atoms with E-state index in [1.807, 2.05) is 24.3 Å². The fourth-order valence-electron chi connectivity index (χ4n) is 5.69. The summed E-state index contributed by atoms with van der Waals surface area (Å²) in [5.74, 6) is 2.22. The molecule has 2 aromatic carbocycles. The fraction of sp³-hybridized carbons (Fsp3) is 0.357. The van der Waals surface area contributed by atoms with E-state index in [-0.39, 0.29) is 12.0 Å². The summed E-state index contributed by atoms with van der Waals surface area (Å²) in [6, 6.07) is 15.1. The van der Waals surface area contributed by atoms with Crippen molar-refractivity contribution in [2.75, 3.05) is 27.3 Å². The molecule has 6 heteroatoms. The van der Waals surface area contributed by atoms with Crippen LogP contribution in [0.5, 0.6) is 11.5 Å². The lowest BCUT2D eigenvalue weighted by atomic mass is 9.73. The molecule has 6 rings (SSSR count). The van der Waals surface area contributed by atoms with Crippen LogP contribution in [0.4, 0.5) is 0 Å². The molecule has 3 aromatic rings. The van der Waals surface area contributed by atoms with Crippen molar-refractivity contribution in [1.29, 1.82) is 0 Å². The van der Waals surface area contributed by atoms with E-state index in [2.05, 4.69) is 17.6 Å². The lowest BCUT2D eigenvalue weighted by Gasteiger charge is -2.48. The second-order valence-electron chi connectivity index (χ2n) is 9.24. The quantitative estimate of drug-likeness (QED) is 0.432. The number of ether oxygens (including phenoxy) is 3. The molecular formula is C28H31N2O4+. The van der Waals surface area contributed by atoms with E-state index < -0.39 is 6.10 Å². The van der Waals surface area contributed by atoms with Gasteiger partial charge >= 0.3 is 5.97 Å². The third-order valence-electron chi connectivity index (χ3n) is 7.54. The summed E-state index contributed by atoms with van der Waals surface area (Å²) in [6.07, 6.45) is 5.70. The Kier molecular flexibility index (Phi) is 6.24. The standard InChI is InChI=1S/C28H30N2O4/c1-4-18-17-30-14-12-20(18)15-26(30)27(34-28(31)19-5-7-21(32-2)8-6-19)23-11-13-29-25-10-9-22(33-3)16-24(23)25/h4-11,13,16,18,20,26-27H,1,12,14-15,17H2,2-3H3/p+1/t18-,20+,26-,27+/m0/s1. The van der Waals surface area contributed by atoms with Gasteiger partial charge in [-0.05, 0) is 54.4 Å². The molecule has 4 heterocycles. The number of pyridine rings is 1. The SMILES string of the molecule is C=C[C@H]1C[NH+]2CC[C@@H]1C[C@H]2[C@H](OC(=O)c1ccc(OC)cc1)c1ccnc2ccc(OC)cc12. The number of esters is 1. The molecule has 0 radical (unpaired) electrons. The van der Waals surface area contributed by atoms with Crippen LogP contribution in [0, 0.1) is 11.8 Å². The highest BCUT2D eigenvalue weighted by atomic mass is 16.5. The average Bonchev–Trinajstić information content (AvgIpc) is 2.91. The number of nitrogens with zero attached hydrogens (tertiary/aromatic N) is 1. The van der Waals surface area contributed by atoms with Gasteiger partial charge in [-0.15, -0.1) is 6.58 Å². The molecular weight excluding hydrogens is 428 g/mol. The van der Waals surface area contributed by atoms with Gasteiger partial charge in [0.2, 0.25) is 0 Å². The van der Waals surface area contributed by atoms with Gasteiger partial charge in [-0.3, -0.25) is 4.98 Å². The first-order chi connectivity index (χ1) is 16.6. The first-order valence-electron chi connectivity index (χ1n) is 11.9. The highest BCUT2D eigenvalue weighted by Crippen LogP contribution is 2.37. The number of carbonyl (C=O) groups is 1. The van der Waals surface area contributed by atoms with E-state index in [4.69, 9.17) is 14.2 Å². The Morgan fingerprint density at radius 1 is 1.12 bits per heavy atom. The topological polar surface area (TPSA) is 62.1 Å². The number of rotatable bonds is 7. The first kappa shape index (κ1) is 22.4. The van der Waals surface area contributed by atoms with Gasteiger partial charge in [0.05, 0.1) is 38.4 Å². The normalized spacial score (nSPS) is 24.4. The van der Waals surface area contributed by atoms with Gasteiger partial charge in [0.15, 0.2) is 6.10 Å². The van der Waals surface area contributed by atoms with Crippen LogP contribution in [0.2, 0.25) is 0 Å². The smallest absolute Gasteiger partial charge is 0.338 e. The van der Waals surface area contributed by atoms with Gasteiger partial charge in [-0.25, -0.2) is 4.79 Å². The molecule has 0 amide bonds. The van der Waals surface area contributed by atoms with Gasteiger partial charge in [0.25, 0.3) is 0 Å². The van der Waals surface area contributed by atoms with Crippen molar-refractivity contribution in [1.82, 2.24) is 4.98 Å². The number of hydrogen-bond acceptors (Lipinski definition) is 5. The predicted molar refractivity (Wildman–Crippen MR) is 130 cm³/mol. The van der Waals surface area contributed by atoms with Crippen molar-refractivity contribution in [3.8, 4) is 11.5 Å². The summed E-state index contributed by atoms with van der Waals surface area (Å²) in [4.78, 5) is 19.4. The van der Waals surface area contributed by atoms with Gasteiger partial charge in [0.1, 0.15) is 17.5 Å². The van der Waals surface area contributed by atoms with Crippen LogP contribution in [0.25, 0.3) is 10.9 Å². The Labute approximate surface area is 200 Å². The maximum atomic E-state index is 13.3. The number of methoxy groups -OCH3 is 2. The van der Waals surface area contributed by atoms with Crippen molar-refractivity contribution in [3.05, 3.63) is 78.5 Å². The number of aromatic nitrogens is 1. The molecule has 3 aliphatic rings. The minimum absolute atomic E-state index is 0.175. The van der Waals surface area contributed by atoms with E-state index in [1.165, 1.54) is 11.3 Å². The van der Waals surface area contributed by atoms with Gasteiger partial charge in [-0.2, -0.15) is 0 Å². The van der Waals surface area contributed by atoms with E-state index in [9.17, 15) is 4.79 Å². The predicted octanol–water partition coefficient (Wildman–Crippen LogP) is 3.63. The van der Waals surface area contributed by atoms with Crippen LogP contribution in [0.3, 0.4) is 0 Å². The van der Waals surface area contributed by atoms with E-state index in [0.29, 0.717) is 23.1 Å². The molecule has 176 valence electrons. The average molecular weight is 460 g/mol. The summed E-state index contributed by atoms with van der Waals surface area (Å²) in [5.41, 5.74) is 2.35. The largest absolute Gasteiger partial charge is 0.497 e. The molecule has 3 fully saturated rings. The summed E-state index contributed by atoms with van der Waals surface area (Å²) in [6.45, 7) is 6.18. The summed E-state index contributed by atoms with van der Waals surface area (Å²) in [7, 11) is 3.27. The van der Waals surface area contributed by atoms with Crippen molar-refractivity contribution >= 4 is 16.9 Å². The second kappa shape index (κ2) is 9.47. The molecule has 0 aliphatic carbocycles. The van der Waals surface area contributed by atoms with Crippen LogP contribution < -0.4 is 14.4 Å². The number of benzene rings is 2. The molecule has 5 atom stereocenters. The van der Waals surface area contributed by atoms with E-state index in [1.54, 1.807) is 44.7 Å². The highest BCUT2D eigenvalue weighted by Gasteiger charge is 2.47. The Morgan fingerprint density at radius 3 is 2.56 bits per heavy atom. The molecule has 3 saturated heterocycles. The Hall–Kier alpha value is -3.38. The summed E-state index contributed by atoms with van der Waals surface area (Å²) >= 11 is 0. The van der Waals surface area contributed by atoms with Crippen LogP contribution in [0.15, 0.2) is 67.4 Å². The second-order valence-corrected chi connectivity index (χ2v) is 9.24. The zero-order valence-electron chi connectivity index (χ0n) is 19.7. The minimum Gasteiger partial charge on any atom is -0.497 e. The zero-order valence-corrected chi connectivity index (χ0v) is 19.7. The Morgan fingerprint density at radius 2 is 1.88 bits per heavy atom. The number of fused-ring (bicyclic) bond motifs is 4. The number of nitrogens with one attached hydrogen (secondary N) is 1. The number of quaternary nitrogens is 1. The molecule has 6 nitrogen and oxygen atoms in total. The molecule has 1 unspecified atom stereocenters. The monoisotopic (exact) mass is 459 g/mol. The molecule has 3 aliphatic heterocycles. The maximum Gasteiger partial charge on any atom is 0.338 e. The van der Waals surface area contributed by atoms with Crippen molar-refractivity contribution < 1.29 is 23.9 Å². The van der Waals surface area contributed by atoms with Crippen molar-refractivity contribution in [2.24, 2.45) is 11.8 Å². The lowest BCUT2D eigenvalue weighted by molar-refractivity contribution is -0.949. The minimum atomic E-state index is -0.393. The molecule has 0 spiro atoms. The molecule has 2 bridgehead atoms. The zero-order chi connectivity index (χ0) is 23.7. The Balaban J connectivity index is 1.54. The van der Waals surface area contributed by atoms with Crippen molar-refractivity contribution in [3.63, 3.8) is 0 Å². The highest BCUT2D eigenvalue weighted by molar-refractivity contribution is 5.90. The van der Waals surface area contributed by atoms with Gasteiger partial charge in [0, 0.05) is 35.9 Å². The lowest BCUT2D eigenvalue weighted by Crippen LogP contribution is -3.20. The molecule has 1 N–H and O–H groups in total. The van der Waals surface area contributed by atoms with Crippen LogP contribution in [-0.4, -0.2) is 44.3 Å². The van der Waals surface area contributed by atoms with E-state index in [0.717, 1.165) is 41.7 Å². The van der Waals surface area contributed by atoms with Crippen molar-refractivity contribution in [2.45, 2.75) is 25.0 Å². The van der Waals surface area contributed by atoms with Gasteiger partial charge in [-0.1, -0.05) is 6.08 Å². The first-order valence-corrected chi connectivity index (χ1v) is 11.9. The van der Waals surface area contributed by atoms with Crippen LogP contribution in [-0.2, 0) is 4.74 Å². The fourth-order valence-corrected chi connectivity index (χ4v) is 5.69. The third kappa shape index (κ3) is 4.14. The summed E-state index contributed by atoms with van der Waals surface area (Å²) < 4.78 is 17.1. The Bertz CT molecular complexity index is 1190. The van der Waals surface area contributed by atoms with Gasteiger partial charge < -0.3 is 19.1 Å². The van der Waals surface area contributed by atoms with Crippen LogP contribution in [0.1, 0.15) is 34.9 Å². The third-order valence-corrected chi connectivity index (χ3v) is 7.54. The molecule has 0 saturated carbocycles. The van der Waals surface area contributed by atoms with E-state index >= 15 is 0 Å². The van der Waals surface area contributed by atoms with Crippen LogP contribution >= 0.6 is 0 Å². The maximum absolute atomic E-state index is 13.3. The summed E-state index contributed by atoms with van der Waals surface area (Å²) in [5, 5.41) is 0.955. The molecule has 1 aromatic heterocycles. The number of hydrogen-bond donors (Lipinski definition) is 1. The number of carbonyl (C=O) groups excluding carboxylic acids is 1. The molecule has 34 heavy (non-hydrogen) atoms.